The van der Waals surface area contributed by atoms with Crippen molar-refractivity contribution in [3.8, 4) is 11.5 Å². The van der Waals surface area contributed by atoms with Crippen molar-refractivity contribution in [2.75, 3.05) is 20.8 Å². The number of benzene rings is 1. The number of esters is 1. The summed E-state index contributed by atoms with van der Waals surface area (Å²) in [7, 11) is 2.40. The number of carbonyl (C=O) groups is 1. The second kappa shape index (κ2) is 8.29. The number of carbonyl (C=O) groups excluding carboxylic acids is 1. The lowest BCUT2D eigenvalue weighted by Gasteiger charge is -2.32. The van der Waals surface area contributed by atoms with Crippen LogP contribution in [0, 0.1) is 0 Å². The van der Waals surface area contributed by atoms with Gasteiger partial charge >= 0.3 is 13.1 Å². The third-order valence-electron chi connectivity index (χ3n) is 5.21. The summed E-state index contributed by atoms with van der Waals surface area (Å²) in [6.45, 7) is 9.92. The summed E-state index contributed by atoms with van der Waals surface area (Å²) in [5.74, 6) is 0.109. The fourth-order valence-corrected chi connectivity index (χ4v) is 3.37. The van der Waals surface area contributed by atoms with E-state index in [0.29, 0.717) is 28.7 Å². The fourth-order valence-electron chi connectivity index (χ4n) is 3.00. The van der Waals surface area contributed by atoms with Gasteiger partial charge in [-0.25, -0.2) is 0 Å². The van der Waals surface area contributed by atoms with Crippen LogP contribution in [0.5, 0.6) is 11.5 Å². The summed E-state index contributed by atoms with van der Waals surface area (Å²) >= 11 is 6.60. The smallest absolute Gasteiger partial charge is 0.466 e. The predicted molar refractivity (Wildman–Crippen MR) is 105 cm³/mol. The maximum atomic E-state index is 12.3. The molecule has 27 heavy (non-hydrogen) atoms. The van der Waals surface area contributed by atoms with Crippen molar-refractivity contribution in [1.29, 1.82) is 0 Å². The molecule has 1 aromatic rings. The molecule has 1 unspecified atom stereocenters. The van der Waals surface area contributed by atoms with E-state index < -0.39 is 24.1 Å². The third kappa shape index (κ3) is 4.36. The molecule has 8 heteroatoms. The average Bonchev–Trinajstić information content (AvgIpc) is 2.80. The van der Waals surface area contributed by atoms with E-state index in [0.717, 1.165) is 0 Å². The zero-order valence-corrected chi connectivity index (χ0v) is 17.8. The molecule has 6 nitrogen and oxygen atoms in total. The highest BCUT2D eigenvalue weighted by molar-refractivity contribution is 6.48. The Morgan fingerprint density at radius 2 is 1.74 bits per heavy atom. The standard InChI is InChI=1S/C19H28BClO6/c1-8-25-15(22)11-13(20-26-18(2,3)19(4,5)27-20)12-9-10-14(23-6)17(24-7)16(12)21/h9-10,13H,8,11H2,1-7H3. The molecular formula is C19H28BClO6. The van der Waals surface area contributed by atoms with Crippen LogP contribution in [0.2, 0.25) is 5.02 Å². The molecule has 150 valence electrons. The van der Waals surface area contributed by atoms with E-state index in [1.54, 1.807) is 19.1 Å². The molecule has 0 aliphatic carbocycles. The van der Waals surface area contributed by atoms with Crippen molar-refractivity contribution in [1.82, 2.24) is 0 Å². The molecule has 0 amide bonds. The van der Waals surface area contributed by atoms with Gasteiger partial charge in [0, 0.05) is 5.82 Å². The van der Waals surface area contributed by atoms with Gasteiger partial charge < -0.3 is 23.5 Å². The van der Waals surface area contributed by atoms with E-state index in [2.05, 4.69) is 0 Å². The minimum atomic E-state index is -0.657. The van der Waals surface area contributed by atoms with Gasteiger partial charge in [0.2, 0.25) is 0 Å². The van der Waals surface area contributed by atoms with E-state index in [4.69, 9.17) is 35.1 Å². The van der Waals surface area contributed by atoms with Crippen molar-refractivity contribution in [2.45, 2.75) is 58.1 Å². The fraction of sp³-hybridized carbons (Fsp3) is 0.632. The Labute approximate surface area is 166 Å². The number of methoxy groups -OCH3 is 2. The molecule has 1 atom stereocenters. The van der Waals surface area contributed by atoms with Crippen LogP contribution in [0.1, 0.15) is 52.4 Å². The second-order valence-electron chi connectivity index (χ2n) is 7.44. The van der Waals surface area contributed by atoms with Gasteiger partial charge in [-0.3, -0.25) is 4.79 Å². The Bertz CT molecular complexity index is 675. The SMILES string of the molecule is CCOC(=O)CC(B1OC(C)(C)C(C)(C)O1)c1ccc(OC)c(OC)c1Cl. The highest BCUT2D eigenvalue weighted by atomic mass is 35.5. The predicted octanol–water partition coefficient (Wildman–Crippen LogP) is 4.03. The summed E-state index contributed by atoms with van der Waals surface area (Å²) in [6.07, 6.45) is 0.0693. The summed E-state index contributed by atoms with van der Waals surface area (Å²) in [6, 6.07) is 3.56. The van der Waals surface area contributed by atoms with Gasteiger partial charge in [0.15, 0.2) is 11.5 Å². The molecule has 1 aliphatic heterocycles. The Morgan fingerprint density at radius 1 is 1.15 bits per heavy atom. The summed E-state index contributed by atoms with van der Waals surface area (Å²) in [4.78, 5) is 12.3. The second-order valence-corrected chi connectivity index (χ2v) is 7.82. The van der Waals surface area contributed by atoms with Crippen molar-refractivity contribution in [2.24, 2.45) is 0 Å². The van der Waals surface area contributed by atoms with Crippen molar-refractivity contribution < 1.29 is 28.3 Å². The number of halogens is 1. The Morgan fingerprint density at radius 3 is 2.22 bits per heavy atom. The average molecular weight is 399 g/mol. The lowest BCUT2D eigenvalue weighted by molar-refractivity contribution is -0.143. The van der Waals surface area contributed by atoms with Crippen LogP contribution in [0.25, 0.3) is 0 Å². The maximum absolute atomic E-state index is 12.3. The lowest BCUT2D eigenvalue weighted by atomic mass is 9.66. The van der Waals surface area contributed by atoms with Gasteiger partial charge in [-0.1, -0.05) is 17.7 Å². The molecule has 1 aromatic carbocycles. The van der Waals surface area contributed by atoms with Gasteiger partial charge in [-0.05, 0) is 46.2 Å². The van der Waals surface area contributed by atoms with E-state index >= 15 is 0 Å². The van der Waals surface area contributed by atoms with E-state index in [-0.39, 0.29) is 12.4 Å². The molecule has 2 rings (SSSR count). The molecule has 0 aromatic heterocycles. The number of ether oxygens (including phenoxy) is 3. The molecule has 1 fully saturated rings. The van der Waals surface area contributed by atoms with Gasteiger partial charge in [0.25, 0.3) is 0 Å². The zero-order valence-electron chi connectivity index (χ0n) is 17.1. The van der Waals surface area contributed by atoms with Crippen LogP contribution in [-0.2, 0) is 18.8 Å². The maximum Gasteiger partial charge on any atom is 0.466 e. The van der Waals surface area contributed by atoms with Crippen LogP contribution in [0.4, 0.5) is 0 Å². The Hall–Kier alpha value is -1.44. The first-order chi connectivity index (χ1) is 12.6. The van der Waals surface area contributed by atoms with Crippen LogP contribution >= 0.6 is 11.6 Å². The van der Waals surface area contributed by atoms with Crippen molar-refractivity contribution in [3.63, 3.8) is 0 Å². The first kappa shape index (κ1) is 21.9. The quantitative estimate of drug-likeness (QED) is 0.510. The molecule has 0 saturated carbocycles. The normalized spacial score (nSPS) is 18.9. The van der Waals surface area contributed by atoms with Crippen molar-refractivity contribution in [3.05, 3.63) is 22.7 Å². The van der Waals surface area contributed by atoms with Gasteiger partial charge in [0.05, 0.1) is 43.5 Å². The monoisotopic (exact) mass is 398 g/mol. The largest absolute Gasteiger partial charge is 0.493 e. The summed E-state index contributed by atoms with van der Waals surface area (Å²) in [5.41, 5.74) is -0.387. The lowest BCUT2D eigenvalue weighted by Crippen LogP contribution is -2.41. The Kier molecular flexibility index (Phi) is 6.71. The highest BCUT2D eigenvalue weighted by Crippen LogP contribution is 2.46. The molecular weight excluding hydrogens is 370 g/mol. The van der Waals surface area contributed by atoms with E-state index in [9.17, 15) is 4.79 Å². The third-order valence-corrected chi connectivity index (χ3v) is 5.60. The summed E-state index contributed by atoms with van der Waals surface area (Å²) < 4.78 is 28.2. The molecule has 1 saturated heterocycles. The molecule has 0 radical (unpaired) electrons. The van der Waals surface area contributed by atoms with Crippen LogP contribution < -0.4 is 9.47 Å². The van der Waals surface area contributed by atoms with Crippen LogP contribution in [0.15, 0.2) is 12.1 Å². The molecule has 1 heterocycles. The van der Waals surface area contributed by atoms with Gasteiger partial charge in [-0.2, -0.15) is 0 Å². The van der Waals surface area contributed by atoms with Crippen molar-refractivity contribution >= 4 is 24.7 Å². The van der Waals surface area contributed by atoms with E-state index in [1.165, 1.54) is 14.2 Å². The topological polar surface area (TPSA) is 63.2 Å². The first-order valence-electron chi connectivity index (χ1n) is 8.99. The van der Waals surface area contributed by atoms with Crippen LogP contribution in [-0.4, -0.2) is 45.1 Å². The molecule has 1 aliphatic rings. The Balaban J connectivity index is 2.47. The zero-order chi connectivity index (χ0) is 20.4. The minimum Gasteiger partial charge on any atom is -0.493 e. The summed E-state index contributed by atoms with van der Waals surface area (Å²) in [5, 5.41) is 0.362. The number of hydrogen-bond donors (Lipinski definition) is 0. The highest BCUT2D eigenvalue weighted by Gasteiger charge is 2.54. The first-order valence-corrected chi connectivity index (χ1v) is 9.37. The number of rotatable bonds is 7. The van der Waals surface area contributed by atoms with Gasteiger partial charge in [-0.15, -0.1) is 0 Å². The minimum absolute atomic E-state index is 0.0693. The van der Waals surface area contributed by atoms with E-state index in [1.807, 2.05) is 27.7 Å². The molecule has 0 spiro atoms. The molecule has 0 bridgehead atoms. The van der Waals surface area contributed by atoms with Crippen LogP contribution in [0.3, 0.4) is 0 Å². The number of hydrogen-bond acceptors (Lipinski definition) is 6. The van der Waals surface area contributed by atoms with Gasteiger partial charge in [0.1, 0.15) is 0 Å². The molecule has 0 N–H and O–H groups in total.